The number of nitrogens with one attached hydrogen (secondary N) is 1. The van der Waals surface area contributed by atoms with E-state index < -0.39 is 23.8 Å². The number of aromatic nitrogens is 3. The van der Waals surface area contributed by atoms with Crippen LogP contribution in [0.2, 0.25) is 0 Å². The Balaban J connectivity index is 1.85. The molecule has 0 spiro atoms. The van der Waals surface area contributed by atoms with Crippen LogP contribution in [0.1, 0.15) is 30.0 Å². The predicted molar refractivity (Wildman–Crippen MR) is 112 cm³/mol. The van der Waals surface area contributed by atoms with Gasteiger partial charge in [-0.3, -0.25) is 5.10 Å². The Morgan fingerprint density at radius 1 is 1.22 bits per heavy atom. The van der Waals surface area contributed by atoms with E-state index in [-0.39, 0.29) is 12.3 Å². The second-order valence-electron chi connectivity index (χ2n) is 8.02. The number of hydrogen-bond acceptors (Lipinski definition) is 3. The third kappa shape index (κ3) is 3.42. The van der Waals surface area contributed by atoms with Crippen molar-refractivity contribution in [3.63, 3.8) is 0 Å². The Bertz CT molecular complexity index is 1320. The molecule has 0 radical (unpaired) electrons. The van der Waals surface area contributed by atoms with Crippen LogP contribution < -0.4 is 0 Å². The summed E-state index contributed by atoms with van der Waals surface area (Å²) in [6.45, 7) is 1.01. The second kappa shape index (κ2) is 7.98. The van der Waals surface area contributed by atoms with E-state index >= 15 is 0 Å². The summed E-state index contributed by atoms with van der Waals surface area (Å²) in [6.07, 6.45) is 0.498. The first kappa shape index (κ1) is 20.6. The number of nitrogens with zero attached hydrogens (tertiary/aromatic N) is 2. The van der Waals surface area contributed by atoms with Crippen molar-refractivity contribution in [1.29, 1.82) is 0 Å². The topological polar surface area (TPSA) is 80.1 Å². The van der Waals surface area contributed by atoms with Crippen LogP contribution >= 0.6 is 0 Å². The highest BCUT2D eigenvalue weighted by atomic mass is 19.2. The molecule has 9 heteroatoms. The smallest absolute Gasteiger partial charge is 0.338 e. The van der Waals surface area contributed by atoms with Crippen molar-refractivity contribution in [2.45, 2.75) is 31.4 Å². The minimum absolute atomic E-state index is 0.0586. The van der Waals surface area contributed by atoms with Crippen LogP contribution in [0.3, 0.4) is 0 Å². The maximum Gasteiger partial charge on any atom is 0.338 e. The summed E-state index contributed by atoms with van der Waals surface area (Å²) < 4.78 is 49.7. The maximum absolute atomic E-state index is 14.5. The molecule has 0 bridgehead atoms. The molecule has 1 aliphatic heterocycles. The second-order valence-corrected chi connectivity index (χ2v) is 8.02. The quantitative estimate of drug-likeness (QED) is 0.471. The van der Waals surface area contributed by atoms with Gasteiger partial charge in [-0.25, -0.2) is 18.0 Å². The molecule has 1 saturated heterocycles. The predicted octanol–water partition coefficient (Wildman–Crippen LogP) is 4.64. The Kier molecular flexibility index (Phi) is 5.13. The summed E-state index contributed by atoms with van der Waals surface area (Å²) in [7, 11) is 0. The highest BCUT2D eigenvalue weighted by Gasteiger charge is 2.30. The number of hydrogen-bond donors (Lipinski definition) is 2. The molecule has 5 rings (SSSR count). The van der Waals surface area contributed by atoms with Gasteiger partial charge < -0.3 is 14.4 Å². The molecule has 0 saturated carbocycles. The molecule has 1 atom stereocenters. The lowest BCUT2D eigenvalue weighted by molar-refractivity contribution is -0.142. The van der Waals surface area contributed by atoms with Gasteiger partial charge in [-0.1, -0.05) is 0 Å². The number of fused-ring (bicyclic) bond motifs is 2. The summed E-state index contributed by atoms with van der Waals surface area (Å²) in [6, 6.07) is 7.27. The van der Waals surface area contributed by atoms with Crippen LogP contribution in [0.4, 0.5) is 13.2 Å². The van der Waals surface area contributed by atoms with Crippen molar-refractivity contribution in [1.82, 2.24) is 14.8 Å². The van der Waals surface area contributed by atoms with Crippen LogP contribution in [0.15, 0.2) is 36.5 Å². The van der Waals surface area contributed by atoms with Gasteiger partial charge in [0.05, 0.1) is 17.2 Å². The fraction of sp³-hybridized carbons (Fsp3) is 0.304. The fourth-order valence-corrected chi connectivity index (χ4v) is 4.59. The molecule has 4 aromatic rings. The van der Waals surface area contributed by atoms with Gasteiger partial charge in [-0.2, -0.15) is 5.10 Å². The number of aliphatic carboxylic acids is 1. The average Bonchev–Trinajstić information content (AvgIpc) is 3.37. The van der Waals surface area contributed by atoms with E-state index in [0.29, 0.717) is 59.4 Å². The number of carboxylic acids is 1. The number of ether oxygens (including phenoxy) is 1. The van der Waals surface area contributed by atoms with Gasteiger partial charge in [0, 0.05) is 53.8 Å². The van der Waals surface area contributed by atoms with E-state index in [1.54, 1.807) is 16.8 Å². The molecular weight excluding hydrogens is 423 g/mol. The lowest BCUT2D eigenvalue weighted by Gasteiger charge is -2.26. The van der Waals surface area contributed by atoms with Crippen LogP contribution in [0.5, 0.6) is 0 Å². The normalized spacial score (nSPS) is 16.1. The standard InChI is InChI=1S/C23H20F3N3O3/c24-17-2-1-14(8-18(17)25)29-21-7-13-11-27-28-20(13)10-15(21)16(9-19(26)23(30)31)22(29)12-3-5-32-6-4-12/h1-2,7-8,10-12,19H,3-6,9H2,(H,27,28)(H,30,31)/t19-/m0/s1. The van der Waals surface area contributed by atoms with Crippen molar-refractivity contribution in [2.24, 2.45) is 0 Å². The van der Waals surface area contributed by atoms with Crippen LogP contribution in [0.25, 0.3) is 27.5 Å². The van der Waals surface area contributed by atoms with Gasteiger partial charge >= 0.3 is 5.97 Å². The van der Waals surface area contributed by atoms with Crippen molar-refractivity contribution < 1.29 is 27.8 Å². The largest absolute Gasteiger partial charge is 0.479 e. The highest BCUT2D eigenvalue weighted by Crippen LogP contribution is 2.40. The van der Waals surface area contributed by atoms with E-state index in [1.165, 1.54) is 6.07 Å². The minimum Gasteiger partial charge on any atom is -0.479 e. The number of benzene rings is 2. The zero-order valence-corrected chi connectivity index (χ0v) is 16.9. The van der Waals surface area contributed by atoms with Gasteiger partial charge in [0.25, 0.3) is 0 Å². The molecule has 6 nitrogen and oxygen atoms in total. The Hall–Kier alpha value is -3.33. The van der Waals surface area contributed by atoms with E-state index in [2.05, 4.69) is 10.2 Å². The van der Waals surface area contributed by atoms with Crippen molar-refractivity contribution in [2.75, 3.05) is 13.2 Å². The lowest BCUT2D eigenvalue weighted by Crippen LogP contribution is -2.21. The minimum atomic E-state index is -2.10. The van der Waals surface area contributed by atoms with E-state index in [9.17, 15) is 23.1 Å². The molecule has 1 aliphatic rings. The van der Waals surface area contributed by atoms with Gasteiger partial charge in [-0.15, -0.1) is 0 Å². The van der Waals surface area contributed by atoms with Crippen LogP contribution in [-0.2, 0) is 16.0 Å². The van der Waals surface area contributed by atoms with Gasteiger partial charge in [0.15, 0.2) is 11.6 Å². The Morgan fingerprint density at radius 3 is 2.72 bits per heavy atom. The highest BCUT2D eigenvalue weighted by molar-refractivity contribution is 5.99. The molecule has 2 aromatic carbocycles. The van der Waals surface area contributed by atoms with Crippen molar-refractivity contribution in [3.05, 3.63) is 59.4 Å². The molecule has 1 fully saturated rings. The molecule has 2 aromatic heterocycles. The summed E-state index contributed by atoms with van der Waals surface area (Å²) in [5.74, 6) is -3.57. The molecule has 0 amide bonds. The lowest BCUT2D eigenvalue weighted by atomic mass is 9.90. The molecular formula is C23H20F3N3O3. The third-order valence-corrected chi connectivity index (χ3v) is 6.09. The number of carboxylic acid groups (broad SMARTS) is 1. The molecule has 3 heterocycles. The summed E-state index contributed by atoms with van der Waals surface area (Å²) in [4.78, 5) is 11.3. The third-order valence-electron chi connectivity index (χ3n) is 6.09. The van der Waals surface area contributed by atoms with Gasteiger partial charge in [0.2, 0.25) is 6.17 Å². The maximum atomic E-state index is 14.5. The number of aromatic amines is 1. The molecule has 0 unspecified atom stereocenters. The zero-order valence-electron chi connectivity index (χ0n) is 16.9. The first-order valence-corrected chi connectivity index (χ1v) is 10.3. The molecule has 0 aliphatic carbocycles. The summed E-state index contributed by atoms with van der Waals surface area (Å²) >= 11 is 0. The SMILES string of the molecule is O=C(O)[C@@H](F)Cc1c(C2CCOCC2)n(-c2ccc(F)c(F)c2)c2cc3cn[nH]c3cc12. The number of H-pyrrole nitrogens is 1. The fourth-order valence-electron chi connectivity index (χ4n) is 4.59. The van der Waals surface area contributed by atoms with Crippen LogP contribution in [-0.4, -0.2) is 45.2 Å². The summed E-state index contributed by atoms with van der Waals surface area (Å²) in [5.41, 5.74) is 3.00. The molecule has 2 N–H and O–H groups in total. The Labute approximate surface area is 180 Å². The van der Waals surface area contributed by atoms with E-state index in [0.717, 1.165) is 17.5 Å². The zero-order chi connectivity index (χ0) is 22.4. The first-order valence-electron chi connectivity index (χ1n) is 10.3. The number of alkyl halides is 1. The van der Waals surface area contributed by atoms with Crippen LogP contribution in [0, 0.1) is 11.6 Å². The monoisotopic (exact) mass is 443 g/mol. The number of rotatable bonds is 5. The van der Waals surface area contributed by atoms with Crippen molar-refractivity contribution in [3.8, 4) is 5.69 Å². The van der Waals surface area contributed by atoms with E-state index in [4.69, 9.17) is 4.74 Å². The van der Waals surface area contributed by atoms with Gasteiger partial charge in [-0.05, 0) is 42.7 Å². The van der Waals surface area contributed by atoms with Crippen molar-refractivity contribution >= 4 is 27.8 Å². The Morgan fingerprint density at radius 2 is 2.00 bits per heavy atom. The number of halogens is 3. The average molecular weight is 443 g/mol. The van der Waals surface area contributed by atoms with E-state index in [1.807, 2.05) is 6.07 Å². The molecule has 32 heavy (non-hydrogen) atoms. The van der Waals surface area contributed by atoms with Gasteiger partial charge in [0.1, 0.15) is 0 Å². The number of carbonyl (C=O) groups is 1. The summed E-state index contributed by atoms with van der Waals surface area (Å²) in [5, 5.41) is 17.6. The first-order chi connectivity index (χ1) is 15.4. The molecule has 166 valence electrons.